The Morgan fingerprint density at radius 1 is 1.50 bits per heavy atom. The van der Waals surface area contributed by atoms with Gasteiger partial charge in [0.15, 0.2) is 5.13 Å². The van der Waals surface area contributed by atoms with Crippen molar-refractivity contribution in [1.29, 1.82) is 0 Å². The minimum atomic E-state index is -4.07. The molecule has 0 aromatic carbocycles. The molecule has 0 bridgehead atoms. The van der Waals surface area contributed by atoms with E-state index in [0.717, 1.165) is 12.1 Å². The Kier molecular flexibility index (Phi) is 3.41. The van der Waals surface area contributed by atoms with Gasteiger partial charge in [-0.3, -0.25) is 4.79 Å². The molecule has 2 atom stereocenters. The molecule has 1 fully saturated rings. The molecule has 0 spiro atoms. The zero-order valence-corrected chi connectivity index (χ0v) is 10.6. The van der Waals surface area contributed by atoms with Crippen molar-refractivity contribution in [3.8, 4) is 0 Å². The van der Waals surface area contributed by atoms with Crippen molar-refractivity contribution in [1.82, 2.24) is 4.31 Å². The Bertz CT molecular complexity index is 569. The molecule has 1 aromatic heterocycles. The maximum absolute atomic E-state index is 12.8. The number of halogens is 1. The van der Waals surface area contributed by atoms with Gasteiger partial charge in [-0.15, -0.1) is 0 Å². The third kappa shape index (κ3) is 2.26. The Morgan fingerprint density at radius 2 is 2.17 bits per heavy atom. The second kappa shape index (κ2) is 4.57. The third-order valence-corrected chi connectivity index (χ3v) is 5.85. The fraction of sp³-hybridized carbons (Fsp3) is 0.444. The number of β-amino-alcohol motifs (C(OH)–C–C–N with tert-alkyl or cyclic N) is 1. The van der Waals surface area contributed by atoms with Crippen LogP contribution in [0.25, 0.3) is 0 Å². The van der Waals surface area contributed by atoms with E-state index in [9.17, 15) is 22.7 Å². The Hall–Kier alpha value is -1.03. The molecule has 1 saturated heterocycles. The number of aliphatic carboxylic acids is 1. The molecule has 18 heavy (non-hydrogen) atoms. The number of thiophene rings is 1. The summed E-state index contributed by atoms with van der Waals surface area (Å²) in [4.78, 5) is 11.0. The molecule has 0 amide bonds. The van der Waals surface area contributed by atoms with Crippen LogP contribution in [0, 0.1) is 5.13 Å². The lowest BCUT2D eigenvalue weighted by atomic mass is 10.2. The van der Waals surface area contributed by atoms with Gasteiger partial charge in [0.1, 0.15) is 10.3 Å². The number of carboxylic acids is 1. The summed E-state index contributed by atoms with van der Waals surface area (Å²) in [5, 5.41) is 17.7. The van der Waals surface area contributed by atoms with Gasteiger partial charge in [-0.1, -0.05) is 11.3 Å². The van der Waals surface area contributed by atoms with Crippen LogP contribution in [0.3, 0.4) is 0 Å². The highest BCUT2D eigenvalue weighted by Crippen LogP contribution is 2.30. The van der Waals surface area contributed by atoms with Crippen LogP contribution in [0.4, 0.5) is 4.39 Å². The SMILES string of the molecule is O=C(O)[C@H]1C[C@H](O)CN1S(=O)(=O)c1ccc(F)s1. The molecule has 2 heterocycles. The van der Waals surface area contributed by atoms with Gasteiger partial charge in [-0.05, 0) is 12.1 Å². The molecule has 1 aliphatic heterocycles. The topological polar surface area (TPSA) is 94.9 Å². The summed E-state index contributed by atoms with van der Waals surface area (Å²) >= 11 is 0.426. The summed E-state index contributed by atoms with van der Waals surface area (Å²) in [6.07, 6.45) is -1.19. The zero-order valence-electron chi connectivity index (χ0n) is 8.98. The normalized spacial score (nSPS) is 25.4. The van der Waals surface area contributed by atoms with E-state index in [2.05, 4.69) is 0 Å². The van der Waals surface area contributed by atoms with Gasteiger partial charge in [0.25, 0.3) is 10.0 Å². The number of carboxylic acid groups (broad SMARTS) is 1. The lowest BCUT2D eigenvalue weighted by Crippen LogP contribution is -2.40. The Morgan fingerprint density at radius 3 is 2.67 bits per heavy atom. The van der Waals surface area contributed by atoms with Gasteiger partial charge >= 0.3 is 5.97 Å². The predicted molar refractivity (Wildman–Crippen MR) is 60.2 cm³/mol. The summed E-state index contributed by atoms with van der Waals surface area (Å²) in [5.41, 5.74) is 0. The van der Waals surface area contributed by atoms with E-state index in [1.54, 1.807) is 0 Å². The average molecular weight is 295 g/mol. The Labute approximate surface area is 106 Å². The summed E-state index contributed by atoms with van der Waals surface area (Å²) in [6, 6.07) is 0.772. The van der Waals surface area contributed by atoms with Crippen LogP contribution < -0.4 is 0 Å². The molecule has 0 saturated carbocycles. The first-order chi connectivity index (χ1) is 8.32. The number of aliphatic hydroxyl groups excluding tert-OH is 1. The van der Waals surface area contributed by atoms with Gasteiger partial charge in [-0.25, -0.2) is 8.42 Å². The van der Waals surface area contributed by atoms with Gasteiger partial charge in [0, 0.05) is 13.0 Å². The first-order valence-electron chi connectivity index (χ1n) is 5.00. The quantitative estimate of drug-likeness (QED) is 0.824. The maximum atomic E-state index is 12.8. The first-order valence-corrected chi connectivity index (χ1v) is 7.26. The van der Waals surface area contributed by atoms with E-state index >= 15 is 0 Å². The van der Waals surface area contributed by atoms with Gasteiger partial charge in [0.2, 0.25) is 0 Å². The lowest BCUT2D eigenvalue weighted by Gasteiger charge is -2.19. The van der Waals surface area contributed by atoms with E-state index < -0.39 is 33.3 Å². The van der Waals surface area contributed by atoms with Crippen LogP contribution in [0.1, 0.15) is 6.42 Å². The summed E-state index contributed by atoms with van der Waals surface area (Å²) in [6.45, 7) is -0.293. The van der Waals surface area contributed by atoms with Crippen molar-refractivity contribution in [3.63, 3.8) is 0 Å². The van der Waals surface area contributed by atoms with E-state index in [0.29, 0.717) is 15.6 Å². The largest absolute Gasteiger partial charge is 0.480 e. The van der Waals surface area contributed by atoms with E-state index in [1.165, 1.54) is 0 Å². The molecule has 9 heteroatoms. The third-order valence-electron chi connectivity index (χ3n) is 2.63. The molecule has 2 N–H and O–H groups in total. The summed E-state index contributed by atoms with van der Waals surface area (Å²) in [7, 11) is -4.07. The smallest absolute Gasteiger partial charge is 0.322 e. The van der Waals surface area contributed by atoms with Crippen molar-refractivity contribution < 1.29 is 27.8 Å². The zero-order chi connectivity index (χ0) is 13.5. The van der Waals surface area contributed by atoms with Crippen LogP contribution >= 0.6 is 11.3 Å². The van der Waals surface area contributed by atoms with Crippen LogP contribution in [0.2, 0.25) is 0 Å². The summed E-state index contributed by atoms with van der Waals surface area (Å²) in [5.74, 6) is -1.33. The van der Waals surface area contributed by atoms with E-state index in [4.69, 9.17) is 5.11 Å². The molecular formula is C9H10FNO5S2. The van der Waals surface area contributed by atoms with Crippen molar-refractivity contribution in [2.24, 2.45) is 0 Å². The monoisotopic (exact) mass is 295 g/mol. The fourth-order valence-corrected chi connectivity index (χ4v) is 4.59. The second-order valence-electron chi connectivity index (χ2n) is 3.88. The molecule has 1 aliphatic rings. The maximum Gasteiger partial charge on any atom is 0.322 e. The highest BCUT2D eigenvalue weighted by atomic mass is 32.2. The number of rotatable bonds is 3. The highest BCUT2D eigenvalue weighted by molar-refractivity contribution is 7.91. The second-order valence-corrected chi connectivity index (χ2v) is 7.03. The highest BCUT2D eigenvalue weighted by Gasteiger charge is 2.44. The van der Waals surface area contributed by atoms with Crippen LogP contribution in [-0.4, -0.2) is 47.6 Å². The number of nitrogens with zero attached hydrogens (tertiary/aromatic N) is 1. The predicted octanol–water partition coefficient (Wildman–Crippen LogP) is 0.0957. The molecule has 0 unspecified atom stereocenters. The van der Waals surface area contributed by atoms with Crippen LogP contribution in [0.5, 0.6) is 0 Å². The minimum Gasteiger partial charge on any atom is -0.480 e. The Balaban J connectivity index is 2.38. The van der Waals surface area contributed by atoms with Gasteiger partial charge in [0.05, 0.1) is 6.10 Å². The number of aliphatic hydroxyl groups is 1. The molecule has 100 valence electrons. The standard InChI is InChI=1S/C9H10FNO5S2/c10-7-1-2-8(17-7)18(15,16)11-4-5(12)3-6(11)9(13)14/h1-2,5-6,12H,3-4H2,(H,13,14)/t5-,6+/m0/s1. The fourth-order valence-electron chi connectivity index (χ4n) is 1.83. The van der Waals surface area contributed by atoms with Crippen LogP contribution in [-0.2, 0) is 14.8 Å². The molecule has 1 aromatic rings. The van der Waals surface area contributed by atoms with E-state index in [-0.39, 0.29) is 17.2 Å². The van der Waals surface area contributed by atoms with Crippen molar-refractivity contribution in [2.45, 2.75) is 22.8 Å². The van der Waals surface area contributed by atoms with Gasteiger partial charge < -0.3 is 10.2 Å². The molecular weight excluding hydrogens is 285 g/mol. The number of hydrogen-bond donors (Lipinski definition) is 2. The van der Waals surface area contributed by atoms with E-state index in [1.807, 2.05) is 0 Å². The molecule has 0 aliphatic carbocycles. The van der Waals surface area contributed by atoms with Crippen molar-refractivity contribution >= 4 is 27.3 Å². The minimum absolute atomic E-state index is 0.164. The van der Waals surface area contributed by atoms with Gasteiger partial charge in [-0.2, -0.15) is 8.70 Å². The first kappa shape index (κ1) is 13.4. The summed E-state index contributed by atoms with van der Waals surface area (Å²) < 4.78 is 37.5. The molecule has 0 radical (unpaired) electrons. The number of sulfonamides is 1. The number of carbonyl (C=O) groups is 1. The van der Waals surface area contributed by atoms with Crippen molar-refractivity contribution in [2.75, 3.05) is 6.54 Å². The average Bonchev–Trinajstić information content (AvgIpc) is 2.84. The molecule has 6 nitrogen and oxygen atoms in total. The van der Waals surface area contributed by atoms with Crippen LogP contribution in [0.15, 0.2) is 16.3 Å². The molecule has 2 rings (SSSR count). The lowest BCUT2D eigenvalue weighted by molar-refractivity contribution is -0.140. The van der Waals surface area contributed by atoms with Crippen molar-refractivity contribution in [3.05, 3.63) is 17.3 Å². The number of hydrogen-bond acceptors (Lipinski definition) is 5.